The van der Waals surface area contributed by atoms with Crippen LogP contribution in [-0.2, 0) is 0 Å². The van der Waals surface area contributed by atoms with E-state index in [0.717, 1.165) is 18.4 Å². The first-order valence-electron chi connectivity index (χ1n) is 6.18. The first-order chi connectivity index (χ1) is 8.36. The minimum absolute atomic E-state index is 0.286. The molecule has 0 heterocycles. The van der Waals surface area contributed by atoms with Crippen molar-refractivity contribution in [3.05, 3.63) is 71.3 Å². The number of benzene rings is 2. The molecule has 86 valence electrons. The molecule has 2 atom stereocenters. The normalized spacial score (nSPS) is 23.1. The quantitative estimate of drug-likeness (QED) is 0.784. The molecule has 0 saturated carbocycles. The summed E-state index contributed by atoms with van der Waals surface area (Å²) < 4.78 is 0. The lowest BCUT2D eigenvalue weighted by Gasteiger charge is -2.29. The van der Waals surface area contributed by atoms with Gasteiger partial charge in [-0.25, -0.2) is 0 Å². The molecular weight excluding hydrogens is 208 g/mol. The lowest BCUT2D eigenvalue weighted by molar-refractivity contribution is 0.153. The van der Waals surface area contributed by atoms with Gasteiger partial charge in [-0.3, -0.25) is 0 Å². The maximum absolute atomic E-state index is 10.0. The van der Waals surface area contributed by atoms with E-state index in [0.29, 0.717) is 5.92 Å². The summed E-state index contributed by atoms with van der Waals surface area (Å²) in [5.74, 6) is 0.441. The van der Waals surface area contributed by atoms with E-state index in [-0.39, 0.29) is 6.10 Å². The van der Waals surface area contributed by atoms with Crippen LogP contribution in [0.1, 0.15) is 41.6 Å². The molecule has 2 aromatic rings. The van der Waals surface area contributed by atoms with Crippen molar-refractivity contribution in [1.29, 1.82) is 0 Å². The molecule has 1 aliphatic carbocycles. The van der Waals surface area contributed by atoms with Crippen molar-refractivity contribution in [2.24, 2.45) is 0 Å². The van der Waals surface area contributed by atoms with Crippen LogP contribution in [0, 0.1) is 0 Å². The molecule has 0 radical (unpaired) electrons. The highest BCUT2D eigenvalue weighted by Crippen LogP contribution is 2.40. The van der Waals surface area contributed by atoms with Crippen LogP contribution in [0.2, 0.25) is 0 Å². The Morgan fingerprint density at radius 3 is 2.18 bits per heavy atom. The lowest BCUT2D eigenvalue weighted by atomic mass is 9.78. The average Bonchev–Trinajstić information content (AvgIpc) is 2.41. The van der Waals surface area contributed by atoms with Gasteiger partial charge in [-0.15, -0.1) is 0 Å². The number of aliphatic hydroxyl groups is 1. The van der Waals surface area contributed by atoms with Crippen LogP contribution in [0.3, 0.4) is 0 Å². The molecule has 1 nitrogen and oxygen atoms in total. The first kappa shape index (κ1) is 10.5. The van der Waals surface area contributed by atoms with Gasteiger partial charge < -0.3 is 5.11 Å². The number of aliphatic hydroxyl groups excluding tert-OH is 1. The van der Waals surface area contributed by atoms with Crippen molar-refractivity contribution in [3.63, 3.8) is 0 Å². The molecule has 17 heavy (non-hydrogen) atoms. The van der Waals surface area contributed by atoms with Gasteiger partial charge in [0.1, 0.15) is 0 Å². The Bertz CT molecular complexity index is 504. The molecule has 3 rings (SSSR count). The summed E-state index contributed by atoms with van der Waals surface area (Å²) in [4.78, 5) is 0. The molecular formula is C16H16O. The maximum atomic E-state index is 10.0. The van der Waals surface area contributed by atoms with Gasteiger partial charge in [-0.2, -0.15) is 0 Å². The number of hydrogen-bond donors (Lipinski definition) is 1. The predicted octanol–water partition coefficient (Wildman–Crippen LogP) is 3.65. The molecule has 0 unspecified atom stereocenters. The van der Waals surface area contributed by atoms with Crippen molar-refractivity contribution < 1.29 is 5.11 Å². The van der Waals surface area contributed by atoms with Crippen LogP contribution in [0.5, 0.6) is 0 Å². The van der Waals surface area contributed by atoms with Gasteiger partial charge in [-0.05, 0) is 29.5 Å². The van der Waals surface area contributed by atoms with E-state index < -0.39 is 0 Å². The van der Waals surface area contributed by atoms with Crippen molar-refractivity contribution in [2.75, 3.05) is 0 Å². The van der Waals surface area contributed by atoms with E-state index in [1.54, 1.807) is 0 Å². The summed E-state index contributed by atoms with van der Waals surface area (Å²) in [6.45, 7) is 0. The van der Waals surface area contributed by atoms with Gasteiger partial charge in [-0.1, -0.05) is 54.6 Å². The van der Waals surface area contributed by atoms with Crippen molar-refractivity contribution in [2.45, 2.75) is 24.9 Å². The van der Waals surface area contributed by atoms with Gasteiger partial charge in [0.05, 0.1) is 6.10 Å². The summed E-state index contributed by atoms with van der Waals surface area (Å²) in [5.41, 5.74) is 3.75. The zero-order valence-electron chi connectivity index (χ0n) is 9.71. The third-order valence-corrected chi connectivity index (χ3v) is 3.66. The molecule has 0 spiro atoms. The largest absolute Gasteiger partial charge is 0.388 e. The molecule has 0 aromatic heterocycles. The first-order valence-corrected chi connectivity index (χ1v) is 6.18. The molecule has 0 amide bonds. The van der Waals surface area contributed by atoms with E-state index >= 15 is 0 Å². The fraction of sp³-hybridized carbons (Fsp3) is 0.250. The van der Waals surface area contributed by atoms with E-state index in [4.69, 9.17) is 0 Å². The summed E-state index contributed by atoms with van der Waals surface area (Å²) in [6, 6.07) is 18.9. The lowest BCUT2D eigenvalue weighted by Crippen LogP contribution is -2.14. The average molecular weight is 224 g/mol. The van der Waals surface area contributed by atoms with Crippen LogP contribution in [0.4, 0.5) is 0 Å². The molecule has 0 saturated heterocycles. The third kappa shape index (κ3) is 1.87. The highest BCUT2D eigenvalue weighted by molar-refractivity contribution is 5.40. The fourth-order valence-corrected chi connectivity index (χ4v) is 2.80. The topological polar surface area (TPSA) is 20.2 Å². The Labute approximate surface area is 102 Å². The Balaban J connectivity index is 2.07. The highest BCUT2D eigenvalue weighted by atomic mass is 16.3. The van der Waals surface area contributed by atoms with E-state index in [1.165, 1.54) is 11.1 Å². The second kappa shape index (κ2) is 4.34. The second-order valence-electron chi connectivity index (χ2n) is 4.69. The molecule has 1 heteroatoms. The van der Waals surface area contributed by atoms with E-state index in [2.05, 4.69) is 42.5 Å². The van der Waals surface area contributed by atoms with E-state index in [9.17, 15) is 5.11 Å². The third-order valence-electron chi connectivity index (χ3n) is 3.66. The second-order valence-corrected chi connectivity index (χ2v) is 4.69. The molecule has 0 fully saturated rings. The molecule has 0 bridgehead atoms. The van der Waals surface area contributed by atoms with Crippen LogP contribution in [0.25, 0.3) is 0 Å². The smallest absolute Gasteiger partial charge is 0.0793 e. The molecule has 1 N–H and O–H groups in total. The molecule has 1 aliphatic rings. The van der Waals surface area contributed by atoms with Crippen molar-refractivity contribution in [3.8, 4) is 0 Å². The van der Waals surface area contributed by atoms with E-state index in [1.807, 2.05) is 12.1 Å². The maximum Gasteiger partial charge on any atom is 0.0793 e. The van der Waals surface area contributed by atoms with Crippen LogP contribution in [-0.4, -0.2) is 5.11 Å². The number of rotatable bonds is 1. The standard InChI is InChI=1S/C16H16O/c17-16-11-10-13(12-6-2-1-3-7-12)14-8-4-5-9-15(14)16/h1-9,13,16-17H,10-11H2/t13-,16+/m0/s1. The number of hydrogen-bond acceptors (Lipinski definition) is 1. The minimum atomic E-state index is -0.286. The Kier molecular flexibility index (Phi) is 2.69. The summed E-state index contributed by atoms with van der Waals surface area (Å²) in [5, 5.41) is 10.0. The van der Waals surface area contributed by atoms with Gasteiger partial charge >= 0.3 is 0 Å². The minimum Gasteiger partial charge on any atom is -0.388 e. The molecule has 0 aliphatic heterocycles. The summed E-state index contributed by atoms with van der Waals surface area (Å²) >= 11 is 0. The SMILES string of the molecule is O[C@@H]1CC[C@@H](c2ccccc2)c2ccccc21. The van der Waals surface area contributed by atoms with Gasteiger partial charge in [0.15, 0.2) is 0 Å². The van der Waals surface area contributed by atoms with Crippen LogP contribution in [0.15, 0.2) is 54.6 Å². The van der Waals surface area contributed by atoms with Crippen LogP contribution < -0.4 is 0 Å². The monoisotopic (exact) mass is 224 g/mol. The van der Waals surface area contributed by atoms with Gasteiger partial charge in [0.2, 0.25) is 0 Å². The Morgan fingerprint density at radius 2 is 1.41 bits per heavy atom. The van der Waals surface area contributed by atoms with Gasteiger partial charge in [0.25, 0.3) is 0 Å². The fourth-order valence-electron chi connectivity index (χ4n) is 2.80. The summed E-state index contributed by atoms with van der Waals surface area (Å²) in [6.07, 6.45) is 1.60. The van der Waals surface area contributed by atoms with Crippen molar-refractivity contribution >= 4 is 0 Å². The summed E-state index contributed by atoms with van der Waals surface area (Å²) in [7, 11) is 0. The molecule has 2 aromatic carbocycles. The zero-order chi connectivity index (χ0) is 11.7. The Morgan fingerprint density at radius 1 is 0.765 bits per heavy atom. The predicted molar refractivity (Wildman–Crippen MR) is 68.9 cm³/mol. The number of fused-ring (bicyclic) bond motifs is 1. The van der Waals surface area contributed by atoms with Crippen molar-refractivity contribution in [1.82, 2.24) is 0 Å². The highest BCUT2D eigenvalue weighted by Gasteiger charge is 2.26. The van der Waals surface area contributed by atoms with Crippen LogP contribution >= 0.6 is 0 Å². The van der Waals surface area contributed by atoms with Gasteiger partial charge in [0, 0.05) is 5.92 Å². The Hall–Kier alpha value is -1.60. The zero-order valence-corrected chi connectivity index (χ0v) is 9.71.